The summed E-state index contributed by atoms with van der Waals surface area (Å²) in [6, 6.07) is 14.7. The molecular formula is C32H35ClN6O3. The van der Waals surface area contributed by atoms with Crippen LogP contribution in [0.5, 0.6) is 6.01 Å². The molecule has 2 fully saturated rings. The van der Waals surface area contributed by atoms with Gasteiger partial charge in [0.15, 0.2) is 0 Å². The highest BCUT2D eigenvalue weighted by Gasteiger charge is 2.34. The van der Waals surface area contributed by atoms with Crippen molar-refractivity contribution in [1.82, 2.24) is 19.8 Å². The molecule has 0 aliphatic carbocycles. The molecule has 3 aliphatic heterocycles. The molecule has 1 amide bonds. The van der Waals surface area contributed by atoms with Crippen molar-refractivity contribution in [2.45, 2.75) is 50.5 Å². The third kappa shape index (κ3) is 5.54. The van der Waals surface area contributed by atoms with Gasteiger partial charge in [0.2, 0.25) is 5.91 Å². The maximum absolute atomic E-state index is 12.5. The number of benzene rings is 2. The highest BCUT2D eigenvalue weighted by molar-refractivity contribution is 6.35. The van der Waals surface area contributed by atoms with Crippen LogP contribution in [0, 0.1) is 11.3 Å². The first-order valence-corrected chi connectivity index (χ1v) is 14.9. The Kier molecular flexibility index (Phi) is 8.29. The largest absolute Gasteiger partial charge is 0.462 e. The lowest BCUT2D eigenvalue weighted by Crippen LogP contribution is -2.55. The first kappa shape index (κ1) is 28.4. The Morgan fingerprint density at radius 2 is 2.05 bits per heavy atom. The van der Waals surface area contributed by atoms with Crippen molar-refractivity contribution in [1.29, 1.82) is 5.26 Å². The number of anilines is 1. The number of rotatable bonds is 7. The second kappa shape index (κ2) is 12.3. The monoisotopic (exact) mass is 586 g/mol. The van der Waals surface area contributed by atoms with Gasteiger partial charge in [0, 0.05) is 48.1 Å². The van der Waals surface area contributed by atoms with Gasteiger partial charge in [0.1, 0.15) is 12.4 Å². The molecule has 218 valence electrons. The van der Waals surface area contributed by atoms with Crippen LogP contribution in [0.15, 0.2) is 49.1 Å². The number of nitrogens with zero attached hydrogens (tertiary/aromatic N) is 6. The number of nitriles is 1. The second-order valence-corrected chi connectivity index (χ2v) is 11.6. The third-order valence-corrected chi connectivity index (χ3v) is 9.05. The van der Waals surface area contributed by atoms with Gasteiger partial charge in [-0.2, -0.15) is 15.2 Å². The molecule has 6 rings (SSSR count). The predicted octanol–water partition coefficient (Wildman–Crippen LogP) is 4.69. The molecular weight excluding hydrogens is 552 g/mol. The summed E-state index contributed by atoms with van der Waals surface area (Å²) in [5.41, 5.74) is 2.84. The molecule has 4 heterocycles. The van der Waals surface area contributed by atoms with Gasteiger partial charge in [-0.15, -0.1) is 0 Å². The average molecular weight is 587 g/mol. The molecule has 42 heavy (non-hydrogen) atoms. The van der Waals surface area contributed by atoms with Crippen LogP contribution in [-0.4, -0.2) is 77.6 Å². The summed E-state index contributed by atoms with van der Waals surface area (Å²) in [5, 5.41) is 12.3. The van der Waals surface area contributed by atoms with Gasteiger partial charge >= 0.3 is 6.01 Å². The van der Waals surface area contributed by atoms with Crippen LogP contribution in [-0.2, 0) is 22.6 Å². The number of hydrogen-bond donors (Lipinski definition) is 0. The lowest BCUT2D eigenvalue weighted by atomic mass is 9.94. The van der Waals surface area contributed by atoms with Crippen molar-refractivity contribution in [3.05, 3.63) is 70.9 Å². The molecule has 3 aliphatic rings. The zero-order valence-electron chi connectivity index (χ0n) is 23.8. The number of likely N-dealkylation sites (tertiary alicyclic amines) is 1. The maximum atomic E-state index is 12.5. The molecule has 3 atom stereocenters. The number of amides is 1. The number of aromatic nitrogens is 2. The molecule has 1 aromatic heterocycles. The number of hydrogen-bond acceptors (Lipinski definition) is 8. The molecule has 2 saturated heterocycles. The highest BCUT2D eigenvalue weighted by atomic mass is 35.5. The van der Waals surface area contributed by atoms with Gasteiger partial charge < -0.3 is 24.2 Å². The number of fused-ring (bicyclic) bond motifs is 2. The van der Waals surface area contributed by atoms with Gasteiger partial charge in [0.25, 0.3) is 0 Å². The zero-order valence-corrected chi connectivity index (χ0v) is 24.6. The Balaban J connectivity index is 1.34. The minimum absolute atomic E-state index is 0.163. The molecule has 9 nitrogen and oxygen atoms in total. The molecule has 0 spiro atoms. The first-order chi connectivity index (χ1) is 20.5. The van der Waals surface area contributed by atoms with E-state index in [9.17, 15) is 10.1 Å². The molecule has 0 saturated carbocycles. The highest BCUT2D eigenvalue weighted by Crippen LogP contribution is 2.39. The smallest absolute Gasteiger partial charge is 0.318 e. The van der Waals surface area contributed by atoms with Gasteiger partial charge in [-0.25, -0.2) is 0 Å². The van der Waals surface area contributed by atoms with Crippen LogP contribution < -0.4 is 9.64 Å². The van der Waals surface area contributed by atoms with Crippen LogP contribution in [0.2, 0.25) is 5.02 Å². The molecule has 0 bridgehead atoms. The summed E-state index contributed by atoms with van der Waals surface area (Å²) >= 11 is 6.66. The first-order valence-electron chi connectivity index (χ1n) is 14.5. The molecule has 0 N–H and O–H groups in total. The maximum Gasteiger partial charge on any atom is 0.318 e. The van der Waals surface area contributed by atoms with Crippen molar-refractivity contribution < 1.29 is 14.3 Å². The molecule has 3 aromatic rings. The van der Waals surface area contributed by atoms with E-state index in [-0.39, 0.29) is 24.5 Å². The summed E-state index contributed by atoms with van der Waals surface area (Å²) < 4.78 is 12.7. The van der Waals surface area contributed by atoms with Gasteiger partial charge in [-0.05, 0) is 49.5 Å². The van der Waals surface area contributed by atoms with Crippen LogP contribution >= 0.6 is 11.6 Å². The summed E-state index contributed by atoms with van der Waals surface area (Å²) in [6.07, 6.45) is 4.09. The van der Waals surface area contributed by atoms with E-state index in [0.717, 1.165) is 52.8 Å². The molecule has 0 unspecified atom stereocenters. The Morgan fingerprint density at radius 3 is 2.81 bits per heavy atom. The number of piperazine rings is 1. The lowest BCUT2D eigenvalue weighted by Gasteiger charge is -2.42. The lowest BCUT2D eigenvalue weighted by molar-refractivity contribution is -0.128. The zero-order chi connectivity index (χ0) is 29.2. The Labute approximate surface area is 251 Å². The third-order valence-electron chi connectivity index (χ3n) is 8.73. The number of carbonyl (C=O) groups excluding carboxylic acids is 1. The van der Waals surface area contributed by atoms with Crippen molar-refractivity contribution in [2.75, 3.05) is 44.7 Å². The quantitative estimate of drug-likeness (QED) is 0.368. The van der Waals surface area contributed by atoms with E-state index >= 15 is 0 Å². The number of ether oxygens (including phenoxy) is 2. The van der Waals surface area contributed by atoms with Crippen molar-refractivity contribution >= 4 is 34.1 Å². The van der Waals surface area contributed by atoms with E-state index in [0.29, 0.717) is 56.3 Å². The van der Waals surface area contributed by atoms with Crippen molar-refractivity contribution in [2.24, 2.45) is 0 Å². The summed E-state index contributed by atoms with van der Waals surface area (Å²) in [7, 11) is 2.12. The molecule has 10 heteroatoms. The van der Waals surface area contributed by atoms with E-state index in [1.165, 1.54) is 6.08 Å². The minimum Gasteiger partial charge on any atom is -0.462 e. The summed E-state index contributed by atoms with van der Waals surface area (Å²) in [6.45, 7) is 7.06. The fourth-order valence-corrected chi connectivity index (χ4v) is 6.73. The van der Waals surface area contributed by atoms with Crippen LogP contribution in [0.1, 0.15) is 42.2 Å². The SMILES string of the molecule is C=CC(=O)N1CCN(c2nc(OC[C@@H]3CCCN3C)nc3c2CO[C@H](c2cccc4cccc(Cl)c24)C3)C[C@@H]1CC#N. The van der Waals surface area contributed by atoms with E-state index in [1.807, 2.05) is 18.2 Å². The average Bonchev–Trinajstić information content (AvgIpc) is 3.43. The standard InChI is InChI=1S/C32H35ClN6O3/c1-3-29(40)39-16-15-38(18-22(39)12-13-34)31-25-20-41-28(24-10-4-7-21-8-5-11-26(33)30(21)24)17-27(25)35-32(36-31)42-19-23-9-6-14-37(23)2/h3-5,7-8,10-11,22-23,28H,1,6,9,12,14-20H2,2H3/t22-,23-,28-/m0/s1. The Hall–Kier alpha value is -3.71. The second-order valence-electron chi connectivity index (χ2n) is 11.2. The fourth-order valence-electron chi connectivity index (χ4n) is 6.44. The summed E-state index contributed by atoms with van der Waals surface area (Å²) in [5.74, 6) is 0.585. The molecule has 0 radical (unpaired) electrons. The fraction of sp³-hybridized carbons (Fsp3) is 0.438. The van der Waals surface area contributed by atoms with Crippen molar-refractivity contribution in [3.63, 3.8) is 0 Å². The van der Waals surface area contributed by atoms with E-state index in [2.05, 4.69) is 47.7 Å². The number of likely N-dealkylation sites (N-methyl/N-ethyl adjacent to an activating group) is 1. The van der Waals surface area contributed by atoms with Crippen LogP contribution in [0.3, 0.4) is 0 Å². The van der Waals surface area contributed by atoms with Gasteiger partial charge in [-0.1, -0.05) is 48.5 Å². The summed E-state index contributed by atoms with van der Waals surface area (Å²) in [4.78, 5) is 28.5. The molecule has 2 aromatic carbocycles. The van der Waals surface area contributed by atoms with Gasteiger partial charge in [-0.3, -0.25) is 4.79 Å². The van der Waals surface area contributed by atoms with E-state index in [4.69, 9.17) is 31.0 Å². The number of halogens is 1. The Morgan fingerprint density at radius 1 is 1.21 bits per heavy atom. The van der Waals surface area contributed by atoms with E-state index in [1.54, 1.807) is 4.90 Å². The minimum atomic E-state index is -0.272. The van der Waals surface area contributed by atoms with Crippen molar-refractivity contribution in [3.8, 4) is 12.1 Å². The van der Waals surface area contributed by atoms with Crippen LogP contribution in [0.25, 0.3) is 10.8 Å². The van der Waals surface area contributed by atoms with Crippen LogP contribution in [0.4, 0.5) is 5.82 Å². The Bertz CT molecular complexity index is 1540. The normalized spacial score (nSPS) is 22.5. The number of carbonyl (C=O) groups is 1. The predicted molar refractivity (Wildman–Crippen MR) is 162 cm³/mol. The van der Waals surface area contributed by atoms with E-state index < -0.39 is 0 Å². The topological polar surface area (TPSA) is 94.8 Å². The van der Waals surface area contributed by atoms with Gasteiger partial charge in [0.05, 0.1) is 36.9 Å².